The Labute approximate surface area is 139 Å². The predicted molar refractivity (Wildman–Crippen MR) is 85.1 cm³/mol. The zero-order valence-electron chi connectivity index (χ0n) is 13.4. The molecule has 4 amide bonds. The molecule has 126 valence electrons. The highest BCUT2D eigenvalue weighted by atomic mass is 16.2. The molecule has 0 aliphatic carbocycles. The minimum Gasteiger partial charge on any atom is -0.352 e. The van der Waals surface area contributed by atoms with Gasteiger partial charge in [0.1, 0.15) is 6.04 Å². The van der Waals surface area contributed by atoms with Gasteiger partial charge in [-0.2, -0.15) is 0 Å². The van der Waals surface area contributed by atoms with Gasteiger partial charge in [0, 0.05) is 30.6 Å². The third-order valence-corrected chi connectivity index (χ3v) is 4.36. The second-order valence-corrected chi connectivity index (χ2v) is 5.99. The van der Waals surface area contributed by atoms with Crippen LogP contribution in [0, 0.1) is 0 Å². The molecule has 0 saturated carbocycles. The smallest absolute Gasteiger partial charge is 0.255 e. The van der Waals surface area contributed by atoms with Gasteiger partial charge in [0.2, 0.25) is 11.8 Å². The summed E-state index contributed by atoms with van der Waals surface area (Å²) in [5.74, 6) is -1.26. The van der Waals surface area contributed by atoms with Crippen LogP contribution in [0.5, 0.6) is 0 Å². The second-order valence-electron chi connectivity index (χ2n) is 5.99. The van der Waals surface area contributed by atoms with Crippen molar-refractivity contribution in [2.24, 2.45) is 0 Å². The molecule has 0 aromatic heterocycles. The summed E-state index contributed by atoms with van der Waals surface area (Å²) in [6.45, 7) is 2.73. The minimum atomic E-state index is -0.672. The molecule has 1 aromatic carbocycles. The van der Waals surface area contributed by atoms with Crippen LogP contribution in [0.3, 0.4) is 0 Å². The van der Waals surface area contributed by atoms with E-state index in [2.05, 4.69) is 10.6 Å². The quantitative estimate of drug-likeness (QED) is 0.790. The SMILES string of the molecule is CCCNC(=O)c1cccc2c1CN(C1CCC(=O)NC1=O)C2=O. The fraction of sp³-hybridized carbons (Fsp3) is 0.412. The molecule has 2 heterocycles. The number of carbonyl (C=O) groups excluding carboxylic acids is 4. The van der Waals surface area contributed by atoms with Gasteiger partial charge in [-0.3, -0.25) is 24.5 Å². The molecule has 0 spiro atoms. The molecular formula is C17H19N3O4. The fourth-order valence-corrected chi connectivity index (χ4v) is 3.13. The number of hydrogen-bond donors (Lipinski definition) is 2. The number of benzene rings is 1. The molecule has 1 saturated heterocycles. The molecule has 0 radical (unpaired) electrons. The van der Waals surface area contributed by atoms with Crippen molar-refractivity contribution < 1.29 is 19.2 Å². The maximum Gasteiger partial charge on any atom is 0.255 e. The molecule has 2 aliphatic rings. The van der Waals surface area contributed by atoms with E-state index < -0.39 is 11.9 Å². The number of nitrogens with one attached hydrogen (secondary N) is 2. The first-order chi connectivity index (χ1) is 11.5. The fourth-order valence-electron chi connectivity index (χ4n) is 3.13. The van der Waals surface area contributed by atoms with E-state index in [-0.39, 0.29) is 30.7 Å². The van der Waals surface area contributed by atoms with Gasteiger partial charge in [-0.15, -0.1) is 0 Å². The van der Waals surface area contributed by atoms with E-state index in [1.807, 2.05) is 6.92 Å². The van der Waals surface area contributed by atoms with Crippen LogP contribution in [0.15, 0.2) is 18.2 Å². The number of hydrogen-bond acceptors (Lipinski definition) is 4. The number of rotatable bonds is 4. The van der Waals surface area contributed by atoms with Crippen molar-refractivity contribution in [2.75, 3.05) is 6.54 Å². The third kappa shape index (κ3) is 2.77. The van der Waals surface area contributed by atoms with E-state index in [0.29, 0.717) is 29.7 Å². The first kappa shape index (κ1) is 16.2. The highest BCUT2D eigenvalue weighted by Gasteiger charge is 2.40. The van der Waals surface area contributed by atoms with E-state index in [0.717, 1.165) is 6.42 Å². The van der Waals surface area contributed by atoms with Crippen molar-refractivity contribution in [3.8, 4) is 0 Å². The number of imide groups is 1. The van der Waals surface area contributed by atoms with Gasteiger partial charge in [-0.1, -0.05) is 13.0 Å². The highest BCUT2D eigenvalue weighted by molar-refractivity contribution is 6.07. The Morgan fingerprint density at radius 2 is 2.12 bits per heavy atom. The molecule has 1 atom stereocenters. The van der Waals surface area contributed by atoms with Crippen LogP contribution in [0.25, 0.3) is 0 Å². The topological polar surface area (TPSA) is 95.6 Å². The molecule has 0 bridgehead atoms. The van der Waals surface area contributed by atoms with Gasteiger partial charge in [-0.25, -0.2) is 0 Å². The van der Waals surface area contributed by atoms with Gasteiger partial charge >= 0.3 is 0 Å². The summed E-state index contributed by atoms with van der Waals surface area (Å²) >= 11 is 0. The predicted octanol–water partition coefficient (Wildman–Crippen LogP) is 0.587. The van der Waals surface area contributed by atoms with E-state index >= 15 is 0 Å². The molecule has 7 nitrogen and oxygen atoms in total. The van der Waals surface area contributed by atoms with E-state index in [4.69, 9.17) is 0 Å². The molecule has 3 rings (SSSR count). The number of amides is 4. The average molecular weight is 329 g/mol. The van der Waals surface area contributed by atoms with Crippen LogP contribution in [0.4, 0.5) is 0 Å². The van der Waals surface area contributed by atoms with Crippen LogP contribution in [0.2, 0.25) is 0 Å². The lowest BCUT2D eigenvalue weighted by molar-refractivity contribution is -0.136. The third-order valence-electron chi connectivity index (χ3n) is 4.36. The van der Waals surface area contributed by atoms with Gasteiger partial charge < -0.3 is 10.2 Å². The van der Waals surface area contributed by atoms with Crippen LogP contribution in [-0.4, -0.2) is 41.1 Å². The van der Waals surface area contributed by atoms with Crippen molar-refractivity contribution in [3.63, 3.8) is 0 Å². The number of nitrogens with zero attached hydrogens (tertiary/aromatic N) is 1. The number of piperidine rings is 1. The van der Waals surface area contributed by atoms with Gasteiger partial charge in [0.05, 0.1) is 0 Å². The van der Waals surface area contributed by atoms with Gasteiger partial charge in [0.15, 0.2) is 0 Å². The van der Waals surface area contributed by atoms with Crippen LogP contribution < -0.4 is 10.6 Å². The Hall–Kier alpha value is -2.70. The Balaban J connectivity index is 1.86. The summed E-state index contributed by atoms with van der Waals surface area (Å²) < 4.78 is 0. The number of fused-ring (bicyclic) bond motifs is 1. The first-order valence-corrected chi connectivity index (χ1v) is 8.07. The number of carbonyl (C=O) groups is 4. The molecule has 7 heteroatoms. The molecule has 1 fully saturated rings. The normalized spacial score (nSPS) is 20.0. The lowest BCUT2D eigenvalue weighted by Crippen LogP contribution is -2.52. The summed E-state index contributed by atoms with van der Waals surface area (Å²) in [4.78, 5) is 49.7. The Morgan fingerprint density at radius 1 is 1.33 bits per heavy atom. The zero-order valence-corrected chi connectivity index (χ0v) is 13.4. The summed E-state index contributed by atoms with van der Waals surface area (Å²) in [5, 5.41) is 5.08. The largest absolute Gasteiger partial charge is 0.352 e. The molecule has 1 aromatic rings. The molecule has 2 aliphatic heterocycles. The second kappa shape index (κ2) is 6.43. The summed E-state index contributed by atoms with van der Waals surface area (Å²) in [5.41, 5.74) is 1.55. The Kier molecular flexibility index (Phi) is 4.33. The van der Waals surface area contributed by atoms with Crippen molar-refractivity contribution in [1.82, 2.24) is 15.5 Å². The Bertz CT molecular complexity index is 729. The summed E-state index contributed by atoms with van der Waals surface area (Å²) in [7, 11) is 0. The van der Waals surface area contributed by atoms with Crippen molar-refractivity contribution in [2.45, 2.75) is 38.8 Å². The van der Waals surface area contributed by atoms with Gasteiger partial charge in [0.25, 0.3) is 11.8 Å². The van der Waals surface area contributed by atoms with Crippen molar-refractivity contribution >= 4 is 23.6 Å². The van der Waals surface area contributed by atoms with E-state index in [1.165, 1.54) is 4.90 Å². The lowest BCUT2D eigenvalue weighted by atomic mass is 10.0. The standard InChI is InChI=1S/C17H19N3O4/c1-2-8-18-15(22)10-4-3-5-11-12(10)9-20(17(11)24)13-6-7-14(21)19-16(13)23/h3-5,13H,2,6-9H2,1H3,(H,18,22)(H,19,21,23). The summed E-state index contributed by atoms with van der Waals surface area (Å²) in [6.07, 6.45) is 1.34. The summed E-state index contributed by atoms with van der Waals surface area (Å²) in [6, 6.07) is 4.35. The van der Waals surface area contributed by atoms with E-state index in [9.17, 15) is 19.2 Å². The molecule has 2 N–H and O–H groups in total. The molecular weight excluding hydrogens is 310 g/mol. The Morgan fingerprint density at radius 3 is 2.83 bits per heavy atom. The average Bonchev–Trinajstić information content (AvgIpc) is 2.89. The first-order valence-electron chi connectivity index (χ1n) is 8.07. The molecule has 24 heavy (non-hydrogen) atoms. The van der Waals surface area contributed by atoms with Crippen LogP contribution in [0.1, 0.15) is 52.5 Å². The molecule has 1 unspecified atom stereocenters. The maximum atomic E-state index is 12.6. The van der Waals surface area contributed by atoms with Crippen LogP contribution >= 0.6 is 0 Å². The van der Waals surface area contributed by atoms with Crippen molar-refractivity contribution in [3.05, 3.63) is 34.9 Å². The monoisotopic (exact) mass is 329 g/mol. The van der Waals surface area contributed by atoms with E-state index in [1.54, 1.807) is 18.2 Å². The lowest BCUT2D eigenvalue weighted by Gasteiger charge is -2.29. The zero-order chi connectivity index (χ0) is 17.3. The van der Waals surface area contributed by atoms with Crippen LogP contribution in [-0.2, 0) is 16.1 Å². The maximum absolute atomic E-state index is 12.6. The van der Waals surface area contributed by atoms with Gasteiger partial charge in [-0.05, 0) is 30.5 Å². The van der Waals surface area contributed by atoms with Crippen molar-refractivity contribution in [1.29, 1.82) is 0 Å². The minimum absolute atomic E-state index is 0.205. The highest BCUT2D eigenvalue weighted by Crippen LogP contribution is 2.29.